The van der Waals surface area contributed by atoms with Crippen LogP contribution in [0.2, 0.25) is 5.02 Å². The Morgan fingerprint density at radius 1 is 1.28 bits per heavy atom. The van der Waals surface area contributed by atoms with E-state index < -0.39 is 23.6 Å². The van der Waals surface area contributed by atoms with Gasteiger partial charge < -0.3 is 5.32 Å². The molecule has 0 amide bonds. The first-order valence-corrected chi connectivity index (χ1v) is 5.57. The molecule has 0 aliphatic carbocycles. The van der Waals surface area contributed by atoms with Crippen LogP contribution in [0.4, 0.5) is 17.6 Å². The molecule has 0 spiro atoms. The minimum Gasteiger partial charge on any atom is -0.310 e. The molecule has 1 N–H and O–H groups in total. The lowest BCUT2D eigenvalue weighted by Gasteiger charge is -2.19. The van der Waals surface area contributed by atoms with Gasteiger partial charge in [0.05, 0.1) is 10.6 Å². The molecule has 1 aliphatic heterocycles. The maximum absolute atomic E-state index is 13.8. The van der Waals surface area contributed by atoms with Gasteiger partial charge in [0, 0.05) is 11.6 Å². The third kappa shape index (κ3) is 2.90. The highest BCUT2D eigenvalue weighted by molar-refractivity contribution is 6.30. The molecule has 1 heterocycles. The Kier molecular flexibility index (Phi) is 4.86. The molecule has 1 aromatic rings. The van der Waals surface area contributed by atoms with E-state index in [1.54, 1.807) is 0 Å². The van der Waals surface area contributed by atoms with Crippen LogP contribution in [0.3, 0.4) is 0 Å². The molecular weight excluding hydrogens is 293 g/mol. The van der Waals surface area contributed by atoms with E-state index in [1.807, 2.05) is 0 Å². The lowest BCUT2D eigenvalue weighted by atomic mass is 9.98. The van der Waals surface area contributed by atoms with Crippen LogP contribution in [0.25, 0.3) is 0 Å². The second-order valence-corrected chi connectivity index (χ2v) is 4.38. The largest absolute Gasteiger partial charge is 0.416 e. The van der Waals surface area contributed by atoms with Crippen LogP contribution in [-0.2, 0) is 6.18 Å². The van der Waals surface area contributed by atoms with E-state index in [9.17, 15) is 17.6 Å². The zero-order valence-electron chi connectivity index (χ0n) is 9.15. The number of hydrogen-bond donors (Lipinski definition) is 1. The molecule has 0 radical (unpaired) electrons. The molecule has 1 saturated heterocycles. The van der Waals surface area contributed by atoms with Crippen molar-refractivity contribution in [2.45, 2.75) is 25.1 Å². The summed E-state index contributed by atoms with van der Waals surface area (Å²) < 4.78 is 52.1. The van der Waals surface area contributed by atoms with Crippen LogP contribution < -0.4 is 5.32 Å². The highest BCUT2D eigenvalue weighted by Crippen LogP contribution is 2.40. The summed E-state index contributed by atoms with van der Waals surface area (Å²) in [6.07, 6.45) is -3.35. The Balaban J connectivity index is 0.00000162. The molecule has 18 heavy (non-hydrogen) atoms. The minimum atomic E-state index is -4.56. The fourth-order valence-corrected chi connectivity index (χ4v) is 2.25. The predicted octanol–water partition coefficient (Wildman–Crippen LogP) is 4.34. The second-order valence-electron chi connectivity index (χ2n) is 3.97. The van der Waals surface area contributed by atoms with Gasteiger partial charge in [-0.3, -0.25) is 0 Å². The predicted molar refractivity (Wildman–Crippen MR) is 63.6 cm³/mol. The normalized spacial score (nSPS) is 19.7. The van der Waals surface area contributed by atoms with Gasteiger partial charge in [0.25, 0.3) is 0 Å². The molecule has 0 aromatic heterocycles. The summed E-state index contributed by atoms with van der Waals surface area (Å²) >= 11 is 5.54. The number of rotatable bonds is 1. The van der Waals surface area contributed by atoms with Gasteiger partial charge in [0.2, 0.25) is 0 Å². The average Bonchev–Trinajstić information content (AvgIpc) is 2.73. The third-order valence-corrected chi connectivity index (χ3v) is 3.14. The lowest BCUT2D eigenvalue weighted by Crippen LogP contribution is -2.20. The fraction of sp³-hybridized carbons (Fsp3) is 0.455. The summed E-state index contributed by atoms with van der Waals surface area (Å²) in [7, 11) is 0. The van der Waals surface area contributed by atoms with E-state index in [0.717, 1.165) is 18.6 Å². The molecule has 0 bridgehead atoms. The van der Waals surface area contributed by atoms with Gasteiger partial charge in [0.1, 0.15) is 5.82 Å². The Hall–Kier alpha value is -0.520. The maximum Gasteiger partial charge on any atom is 0.416 e. The van der Waals surface area contributed by atoms with Crippen molar-refractivity contribution in [2.24, 2.45) is 0 Å². The van der Waals surface area contributed by atoms with E-state index in [-0.39, 0.29) is 23.0 Å². The number of benzene rings is 1. The van der Waals surface area contributed by atoms with E-state index >= 15 is 0 Å². The molecule has 2 rings (SSSR count). The highest BCUT2D eigenvalue weighted by Gasteiger charge is 2.38. The molecule has 1 atom stereocenters. The SMILES string of the molecule is Cl.Fc1c(Cl)ccc(C(F)(F)F)c1[C@H]1CCCN1. The topological polar surface area (TPSA) is 12.0 Å². The number of alkyl halides is 3. The zero-order valence-corrected chi connectivity index (χ0v) is 10.7. The first kappa shape index (κ1) is 15.5. The van der Waals surface area contributed by atoms with E-state index in [2.05, 4.69) is 5.32 Å². The Bertz CT molecular complexity index is 428. The van der Waals surface area contributed by atoms with E-state index in [0.29, 0.717) is 13.0 Å². The van der Waals surface area contributed by atoms with E-state index in [4.69, 9.17) is 11.6 Å². The van der Waals surface area contributed by atoms with Crippen molar-refractivity contribution in [2.75, 3.05) is 6.54 Å². The summed E-state index contributed by atoms with van der Waals surface area (Å²) in [5, 5.41) is 2.58. The molecule has 1 nitrogen and oxygen atoms in total. The molecule has 7 heteroatoms. The first-order chi connectivity index (χ1) is 7.91. The zero-order chi connectivity index (χ0) is 12.6. The first-order valence-electron chi connectivity index (χ1n) is 5.19. The Labute approximate surface area is 113 Å². The summed E-state index contributed by atoms with van der Waals surface area (Å²) in [5.41, 5.74) is -1.30. The van der Waals surface area contributed by atoms with Crippen LogP contribution in [0.15, 0.2) is 12.1 Å². The molecular formula is C11H11Cl2F4N. The van der Waals surface area contributed by atoms with Crippen LogP contribution in [0.5, 0.6) is 0 Å². The number of hydrogen-bond acceptors (Lipinski definition) is 1. The fourth-order valence-electron chi connectivity index (χ4n) is 2.09. The summed E-state index contributed by atoms with van der Waals surface area (Å²) in [6.45, 7) is 0.591. The monoisotopic (exact) mass is 303 g/mol. The van der Waals surface area contributed by atoms with Crippen molar-refractivity contribution < 1.29 is 17.6 Å². The Morgan fingerprint density at radius 3 is 2.44 bits per heavy atom. The minimum absolute atomic E-state index is 0. The van der Waals surface area contributed by atoms with Crippen molar-refractivity contribution in [3.63, 3.8) is 0 Å². The standard InChI is InChI=1S/C11H10ClF4N.ClH/c12-7-4-3-6(11(14,15)16)9(10(7)13)8-2-1-5-17-8;/h3-4,8,17H,1-2,5H2;1H/t8-;/m1./s1. The summed E-state index contributed by atoms with van der Waals surface area (Å²) in [5.74, 6) is -0.971. The highest BCUT2D eigenvalue weighted by atomic mass is 35.5. The van der Waals surface area contributed by atoms with Gasteiger partial charge in [0.15, 0.2) is 0 Å². The quantitative estimate of drug-likeness (QED) is 0.761. The molecule has 1 aliphatic rings. The van der Waals surface area contributed by atoms with Crippen LogP contribution >= 0.6 is 24.0 Å². The van der Waals surface area contributed by atoms with Gasteiger partial charge in [-0.05, 0) is 31.5 Å². The van der Waals surface area contributed by atoms with Crippen LogP contribution in [-0.4, -0.2) is 6.54 Å². The van der Waals surface area contributed by atoms with Crippen molar-refractivity contribution in [1.82, 2.24) is 5.32 Å². The van der Waals surface area contributed by atoms with Crippen LogP contribution in [0.1, 0.15) is 30.0 Å². The summed E-state index contributed by atoms with van der Waals surface area (Å²) in [6, 6.07) is 1.17. The maximum atomic E-state index is 13.8. The number of halogens is 6. The molecule has 0 saturated carbocycles. The van der Waals surface area contributed by atoms with Gasteiger partial charge in [-0.1, -0.05) is 11.6 Å². The number of nitrogens with one attached hydrogen (secondary N) is 1. The van der Waals surface area contributed by atoms with Gasteiger partial charge in [-0.2, -0.15) is 13.2 Å². The molecule has 1 fully saturated rings. The van der Waals surface area contributed by atoms with Gasteiger partial charge >= 0.3 is 6.18 Å². The summed E-state index contributed by atoms with van der Waals surface area (Å²) in [4.78, 5) is 0. The van der Waals surface area contributed by atoms with Crippen molar-refractivity contribution in [1.29, 1.82) is 0 Å². The third-order valence-electron chi connectivity index (χ3n) is 2.85. The van der Waals surface area contributed by atoms with Gasteiger partial charge in [-0.15, -0.1) is 12.4 Å². The average molecular weight is 304 g/mol. The smallest absolute Gasteiger partial charge is 0.310 e. The van der Waals surface area contributed by atoms with Crippen LogP contribution in [0, 0.1) is 5.82 Å². The molecule has 0 unspecified atom stereocenters. The lowest BCUT2D eigenvalue weighted by molar-refractivity contribution is -0.138. The van der Waals surface area contributed by atoms with Crippen molar-refractivity contribution >= 4 is 24.0 Å². The van der Waals surface area contributed by atoms with Crippen molar-refractivity contribution in [3.8, 4) is 0 Å². The molecule has 102 valence electrons. The molecule has 1 aromatic carbocycles. The Morgan fingerprint density at radius 2 is 1.94 bits per heavy atom. The van der Waals surface area contributed by atoms with E-state index in [1.165, 1.54) is 0 Å². The van der Waals surface area contributed by atoms with Gasteiger partial charge in [-0.25, -0.2) is 4.39 Å². The second kappa shape index (κ2) is 5.63. The van der Waals surface area contributed by atoms with Crippen molar-refractivity contribution in [3.05, 3.63) is 34.1 Å².